The van der Waals surface area contributed by atoms with Gasteiger partial charge in [0.2, 0.25) is 0 Å². The van der Waals surface area contributed by atoms with Crippen molar-refractivity contribution in [2.45, 2.75) is 26.4 Å². The number of esters is 1. The molecule has 1 amide bonds. The van der Waals surface area contributed by atoms with Crippen LogP contribution in [0.5, 0.6) is 0 Å². The van der Waals surface area contributed by atoms with E-state index in [9.17, 15) is 14.0 Å². The first-order valence-electron chi connectivity index (χ1n) is 5.75. The second-order valence-corrected chi connectivity index (χ2v) is 5.84. The molecule has 7 heteroatoms. The Balaban J connectivity index is 2.66. The topological polar surface area (TPSA) is 55.4 Å². The summed E-state index contributed by atoms with van der Waals surface area (Å²) in [5.74, 6) is -1.97. The number of carbonyl (C=O) groups is 2. The van der Waals surface area contributed by atoms with Crippen molar-refractivity contribution < 1.29 is 18.7 Å². The highest BCUT2D eigenvalue weighted by atomic mass is 35.5. The molecule has 0 aliphatic carbocycles. The molecule has 4 nitrogen and oxygen atoms in total. The van der Waals surface area contributed by atoms with Crippen LogP contribution in [0.4, 0.5) is 4.39 Å². The van der Waals surface area contributed by atoms with Gasteiger partial charge in [-0.25, -0.2) is 4.39 Å². The molecule has 0 aliphatic rings. The Morgan fingerprint density at radius 3 is 2.20 bits per heavy atom. The molecule has 110 valence electrons. The van der Waals surface area contributed by atoms with E-state index in [0.29, 0.717) is 0 Å². The lowest BCUT2D eigenvalue weighted by Gasteiger charge is -2.19. The third kappa shape index (κ3) is 4.98. The number of halogens is 3. The molecular weight excluding hydrogens is 308 g/mol. The van der Waals surface area contributed by atoms with Crippen LogP contribution in [0.15, 0.2) is 12.1 Å². The summed E-state index contributed by atoms with van der Waals surface area (Å²) in [4.78, 5) is 23.2. The number of ether oxygens (including phenoxy) is 1. The summed E-state index contributed by atoms with van der Waals surface area (Å²) in [5, 5.41) is 1.81. The molecule has 0 saturated heterocycles. The zero-order valence-corrected chi connectivity index (χ0v) is 12.7. The monoisotopic (exact) mass is 321 g/mol. The van der Waals surface area contributed by atoms with Gasteiger partial charge in [0.05, 0.1) is 10.0 Å². The van der Waals surface area contributed by atoms with E-state index in [0.717, 1.165) is 12.1 Å². The zero-order chi connectivity index (χ0) is 15.5. The van der Waals surface area contributed by atoms with Gasteiger partial charge in [0.25, 0.3) is 5.91 Å². The Morgan fingerprint density at radius 2 is 1.75 bits per heavy atom. The average molecular weight is 322 g/mol. The van der Waals surface area contributed by atoms with Crippen LogP contribution >= 0.6 is 23.2 Å². The van der Waals surface area contributed by atoms with Crippen LogP contribution in [0.2, 0.25) is 10.0 Å². The summed E-state index contributed by atoms with van der Waals surface area (Å²) in [6.45, 7) is 4.84. The fraction of sp³-hybridized carbons (Fsp3) is 0.385. The molecule has 0 fully saturated rings. The van der Waals surface area contributed by atoms with Gasteiger partial charge in [-0.15, -0.1) is 0 Å². The van der Waals surface area contributed by atoms with Crippen LogP contribution in [0.25, 0.3) is 0 Å². The highest BCUT2D eigenvalue weighted by Gasteiger charge is 2.18. The smallest absolute Gasteiger partial charge is 0.325 e. The van der Waals surface area contributed by atoms with Gasteiger partial charge in [-0.1, -0.05) is 23.2 Å². The minimum atomic E-state index is -0.794. The van der Waals surface area contributed by atoms with Crippen molar-refractivity contribution in [2.75, 3.05) is 6.54 Å². The summed E-state index contributed by atoms with van der Waals surface area (Å²) in [7, 11) is 0. The number of carbonyl (C=O) groups excluding carboxylic acids is 2. The molecule has 0 saturated carbocycles. The lowest BCUT2D eigenvalue weighted by molar-refractivity contribution is -0.153. The maximum absolute atomic E-state index is 13.2. The Labute approximate surface area is 126 Å². The summed E-state index contributed by atoms with van der Waals surface area (Å²) < 4.78 is 18.2. The van der Waals surface area contributed by atoms with Gasteiger partial charge in [0.15, 0.2) is 5.82 Å². The quantitative estimate of drug-likeness (QED) is 0.687. The summed E-state index contributed by atoms with van der Waals surface area (Å²) >= 11 is 11.2. The van der Waals surface area contributed by atoms with Crippen LogP contribution in [0.3, 0.4) is 0 Å². The van der Waals surface area contributed by atoms with Gasteiger partial charge < -0.3 is 10.1 Å². The molecule has 0 radical (unpaired) electrons. The second kappa shape index (κ2) is 6.41. The van der Waals surface area contributed by atoms with Crippen LogP contribution in [-0.2, 0) is 9.53 Å². The maximum atomic E-state index is 13.2. The molecule has 1 rings (SSSR count). The summed E-state index contributed by atoms with van der Waals surface area (Å²) in [6.07, 6.45) is 0. The van der Waals surface area contributed by atoms with Crippen LogP contribution in [0, 0.1) is 5.82 Å². The minimum Gasteiger partial charge on any atom is -0.459 e. The molecule has 0 heterocycles. The van der Waals surface area contributed by atoms with E-state index in [1.807, 2.05) is 0 Å². The van der Waals surface area contributed by atoms with Crippen molar-refractivity contribution in [3.05, 3.63) is 33.6 Å². The Kier molecular flexibility index (Phi) is 5.36. The van der Waals surface area contributed by atoms with Crippen molar-refractivity contribution in [3.63, 3.8) is 0 Å². The highest BCUT2D eigenvalue weighted by molar-refractivity contribution is 6.35. The van der Waals surface area contributed by atoms with E-state index in [-0.39, 0.29) is 22.2 Å². The van der Waals surface area contributed by atoms with Crippen LogP contribution in [-0.4, -0.2) is 24.0 Å². The maximum Gasteiger partial charge on any atom is 0.325 e. The number of hydrogen-bond donors (Lipinski definition) is 1. The lowest BCUT2D eigenvalue weighted by atomic mass is 10.2. The van der Waals surface area contributed by atoms with Crippen molar-refractivity contribution in [1.82, 2.24) is 5.32 Å². The molecule has 1 aromatic rings. The number of hydrogen-bond acceptors (Lipinski definition) is 3. The molecule has 0 bridgehead atoms. The first-order valence-corrected chi connectivity index (χ1v) is 6.50. The van der Waals surface area contributed by atoms with Crippen LogP contribution < -0.4 is 5.32 Å². The van der Waals surface area contributed by atoms with E-state index < -0.39 is 23.3 Å². The first-order chi connectivity index (χ1) is 9.10. The number of rotatable bonds is 3. The molecule has 1 N–H and O–H groups in total. The molecule has 1 aromatic carbocycles. The summed E-state index contributed by atoms with van der Waals surface area (Å²) in [5.41, 5.74) is -0.574. The Morgan fingerprint density at radius 1 is 1.25 bits per heavy atom. The third-order valence-electron chi connectivity index (χ3n) is 2.06. The second-order valence-electron chi connectivity index (χ2n) is 5.02. The van der Waals surface area contributed by atoms with Crippen molar-refractivity contribution in [2.24, 2.45) is 0 Å². The third-order valence-corrected chi connectivity index (χ3v) is 2.61. The molecular formula is C13H14Cl2FNO3. The van der Waals surface area contributed by atoms with Crippen molar-refractivity contribution in [1.29, 1.82) is 0 Å². The number of nitrogens with one attached hydrogen (secondary N) is 1. The van der Waals surface area contributed by atoms with Crippen molar-refractivity contribution >= 4 is 35.1 Å². The number of amides is 1. The standard InChI is InChI=1S/C13H14Cl2FNO3/c1-13(2,3)20-10(18)6-17-12(19)7-4-8(14)11(16)9(15)5-7/h4-5H,6H2,1-3H3,(H,17,19). The van der Waals surface area contributed by atoms with Gasteiger partial charge in [-0.05, 0) is 32.9 Å². The summed E-state index contributed by atoms with van der Waals surface area (Å²) in [6, 6.07) is 2.26. The van der Waals surface area contributed by atoms with E-state index in [2.05, 4.69) is 5.32 Å². The van der Waals surface area contributed by atoms with E-state index in [1.165, 1.54) is 0 Å². The van der Waals surface area contributed by atoms with Gasteiger partial charge in [0, 0.05) is 5.56 Å². The van der Waals surface area contributed by atoms with E-state index >= 15 is 0 Å². The van der Waals surface area contributed by atoms with E-state index in [4.69, 9.17) is 27.9 Å². The zero-order valence-electron chi connectivity index (χ0n) is 11.2. The number of benzene rings is 1. The minimum absolute atomic E-state index is 0.0601. The molecule has 20 heavy (non-hydrogen) atoms. The van der Waals surface area contributed by atoms with Gasteiger partial charge in [0.1, 0.15) is 12.1 Å². The van der Waals surface area contributed by atoms with Crippen LogP contribution in [0.1, 0.15) is 31.1 Å². The van der Waals surface area contributed by atoms with E-state index in [1.54, 1.807) is 20.8 Å². The predicted octanol–water partition coefficient (Wildman–Crippen LogP) is 3.20. The average Bonchev–Trinajstić information content (AvgIpc) is 2.30. The fourth-order valence-electron chi connectivity index (χ4n) is 1.32. The largest absolute Gasteiger partial charge is 0.459 e. The molecule has 0 unspecified atom stereocenters. The molecule has 0 aromatic heterocycles. The SMILES string of the molecule is CC(C)(C)OC(=O)CNC(=O)c1cc(Cl)c(F)c(Cl)c1. The normalized spacial score (nSPS) is 11.1. The predicted molar refractivity (Wildman–Crippen MR) is 74.6 cm³/mol. The Hall–Kier alpha value is -1.33. The van der Waals surface area contributed by atoms with Gasteiger partial charge in [-0.2, -0.15) is 0 Å². The van der Waals surface area contributed by atoms with Gasteiger partial charge in [-0.3, -0.25) is 9.59 Å². The highest BCUT2D eigenvalue weighted by Crippen LogP contribution is 2.24. The van der Waals surface area contributed by atoms with Crippen molar-refractivity contribution in [3.8, 4) is 0 Å². The first kappa shape index (κ1) is 16.7. The Bertz CT molecular complexity index is 518. The fourth-order valence-corrected chi connectivity index (χ4v) is 1.81. The molecule has 0 atom stereocenters. The van der Waals surface area contributed by atoms with Gasteiger partial charge >= 0.3 is 5.97 Å². The molecule has 0 spiro atoms. The molecule has 0 aliphatic heterocycles. The lowest BCUT2D eigenvalue weighted by Crippen LogP contribution is -2.34.